The molecule has 0 aliphatic carbocycles. The van der Waals surface area contributed by atoms with E-state index in [1.165, 1.54) is 23.9 Å². The van der Waals surface area contributed by atoms with E-state index in [9.17, 15) is 14.9 Å². The minimum absolute atomic E-state index is 0.00751. The number of anilines is 1. The largest absolute Gasteiger partial charge is 0.378 e. The highest BCUT2D eigenvalue weighted by Crippen LogP contribution is 2.37. The Labute approximate surface area is 203 Å². The van der Waals surface area contributed by atoms with Gasteiger partial charge in [-0.2, -0.15) is 0 Å². The number of nitrogens with zero attached hydrogens (tertiary/aromatic N) is 4. The third-order valence-electron chi connectivity index (χ3n) is 5.55. The number of thioether (sulfide) groups is 1. The highest BCUT2D eigenvalue weighted by atomic mass is 32.2. The lowest BCUT2D eigenvalue weighted by molar-refractivity contribution is -0.384. The average molecular weight is 481 g/mol. The Bertz CT molecular complexity index is 1140. The normalized spacial score (nSPS) is 19.0. The SMILES string of the molecule is Cc1ccc(N=C2S/C(=C/c3cc([N+](=O)[O-])ccc3N3CCOCC3)C(=O)N2CC(C)C)cc1. The second-order valence-corrected chi connectivity index (χ2v) is 9.76. The lowest BCUT2D eigenvalue weighted by Crippen LogP contribution is -2.36. The fraction of sp³-hybridized carbons (Fsp3) is 0.360. The van der Waals surface area contributed by atoms with E-state index in [4.69, 9.17) is 9.73 Å². The Morgan fingerprint density at radius 3 is 2.53 bits per heavy atom. The first-order chi connectivity index (χ1) is 16.3. The second kappa shape index (κ2) is 10.4. The summed E-state index contributed by atoms with van der Waals surface area (Å²) in [5.74, 6) is 0.123. The van der Waals surface area contributed by atoms with Gasteiger partial charge in [-0.25, -0.2) is 4.99 Å². The number of rotatable bonds is 6. The first kappa shape index (κ1) is 24.0. The molecule has 0 aromatic heterocycles. The van der Waals surface area contributed by atoms with Crippen molar-refractivity contribution in [3.05, 3.63) is 68.6 Å². The van der Waals surface area contributed by atoms with Gasteiger partial charge in [0.2, 0.25) is 0 Å². The molecule has 2 heterocycles. The van der Waals surface area contributed by atoms with Gasteiger partial charge < -0.3 is 9.64 Å². The molecule has 8 nitrogen and oxygen atoms in total. The quantitative estimate of drug-likeness (QED) is 0.328. The van der Waals surface area contributed by atoms with Gasteiger partial charge in [-0.05, 0) is 48.9 Å². The van der Waals surface area contributed by atoms with E-state index in [1.54, 1.807) is 17.0 Å². The smallest absolute Gasteiger partial charge is 0.270 e. The summed E-state index contributed by atoms with van der Waals surface area (Å²) in [6.45, 7) is 9.23. The third kappa shape index (κ3) is 5.48. The molecule has 2 fully saturated rings. The fourth-order valence-electron chi connectivity index (χ4n) is 3.85. The summed E-state index contributed by atoms with van der Waals surface area (Å²) >= 11 is 1.31. The summed E-state index contributed by atoms with van der Waals surface area (Å²) in [6, 6.07) is 12.6. The van der Waals surface area contributed by atoms with Crippen molar-refractivity contribution < 1.29 is 14.5 Å². The van der Waals surface area contributed by atoms with Crippen molar-refractivity contribution in [2.75, 3.05) is 37.7 Å². The number of morpholine rings is 1. The molecule has 0 bridgehead atoms. The van der Waals surface area contributed by atoms with Gasteiger partial charge >= 0.3 is 0 Å². The zero-order valence-electron chi connectivity index (χ0n) is 19.6. The number of carbonyl (C=O) groups excluding carboxylic acids is 1. The molecule has 0 unspecified atom stereocenters. The van der Waals surface area contributed by atoms with E-state index < -0.39 is 4.92 Å². The molecule has 1 amide bonds. The standard InChI is InChI=1S/C25H28N4O4S/c1-17(2)16-28-24(30)23(34-25(28)26-20-6-4-18(3)5-7-20)15-19-14-21(29(31)32)8-9-22(19)27-10-12-33-13-11-27/h4-9,14-15,17H,10-13,16H2,1-3H3/b23-15+,26-25?. The predicted octanol–water partition coefficient (Wildman–Crippen LogP) is 5.00. The Balaban J connectivity index is 1.74. The minimum atomic E-state index is -0.413. The number of hydrogen-bond donors (Lipinski definition) is 0. The van der Waals surface area contributed by atoms with Crippen LogP contribution >= 0.6 is 11.8 Å². The Hall–Kier alpha value is -3.17. The molecule has 0 saturated carbocycles. The second-order valence-electron chi connectivity index (χ2n) is 8.75. The molecule has 9 heteroatoms. The Kier molecular flexibility index (Phi) is 7.33. The first-order valence-corrected chi connectivity index (χ1v) is 12.1. The van der Waals surface area contributed by atoms with Gasteiger partial charge in [0.1, 0.15) is 0 Å². The van der Waals surface area contributed by atoms with Gasteiger partial charge in [0.25, 0.3) is 11.6 Å². The molecule has 0 N–H and O–H groups in total. The van der Waals surface area contributed by atoms with Crippen molar-refractivity contribution in [2.45, 2.75) is 20.8 Å². The number of amides is 1. The molecule has 178 valence electrons. The summed E-state index contributed by atoms with van der Waals surface area (Å²) in [7, 11) is 0. The summed E-state index contributed by atoms with van der Waals surface area (Å²) in [6.07, 6.45) is 1.76. The van der Waals surface area contributed by atoms with Gasteiger partial charge in [-0.15, -0.1) is 0 Å². The molecule has 2 aliphatic heterocycles. The van der Waals surface area contributed by atoms with E-state index in [0.29, 0.717) is 48.5 Å². The molecule has 2 aromatic carbocycles. The Morgan fingerprint density at radius 2 is 1.88 bits per heavy atom. The van der Waals surface area contributed by atoms with Crippen LogP contribution in [0, 0.1) is 23.0 Å². The number of nitro benzene ring substituents is 1. The lowest BCUT2D eigenvalue weighted by atomic mass is 10.1. The van der Waals surface area contributed by atoms with Crippen molar-refractivity contribution in [1.29, 1.82) is 0 Å². The van der Waals surface area contributed by atoms with Crippen LogP contribution in [0.25, 0.3) is 6.08 Å². The third-order valence-corrected chi connectivity index (χ3v) is 6.56. The van der Waals surface area contributed by atoms with Gasteiger partial charge in [0.05, 0.1) is 28.7 Å². The molecule has 4 rings (SSSR count). The number of carbonyl (C=O) groups is 1. The number of amidine groups is 1. The lowest BCUT2D eigenvalue weighted by Gasteiger charge is -2.30. The van der Waals surface area contributed by atoms with Crippen LogP contribution in [-0.2, 0) is 9.53 Å². The Morgan fingerprint density at radius 1 is 1.18 bits per heavy atom. The van der Waals surface area contributed by atoms with Crippen LogP contribution in [-0.4, -0.2) is 53.7 Å². The van der Waals surface area contributed by atoms with Crippen molar-refractivity contribution in [1.82, 2.24) is 4.90 Å². The van der Waals surface area contributed by atoms with E-state index >= 15 is 0 Å². The van der Waals surface area contributed by atoms with E-state index in [2.05, 4.69) is 18.7 Å². The van der Waals surface area contributed by atoms with Crippen LogP contribution in [0.5, 0.6) is 0 Å². The van der Waals surface area contributed by atoms with Crippen molar-refractivity contribution in [3.63, 3.8) is 0 Å². The topological polar surface area (TPSA) is 88.3 Å². The number of hydrogen-bond acceptors (Lipinski definition) is 7. The van der Waals surface area contributed by atoms with E-state index in [-0.39, 0.29) is 17.5 Å². The number of aliphatic imine (C=N–C) groups is 1. The highest BCUT2D eigenvalue weighted by Gasteiger charge is 2.34. The van der Waals surface area contributed by atoms with Crippen LogP contribution in [0.2, 0.25) is 0 Å². The predicted molar refractivity (Wildman–Crippen MR) is 137 cm³/mol. The maximum atomic E-state index is 13.4. The molecule has 0 radical (unpaired) electrons. The zero-order valence-corrected chi connectivity index (χ0v) is 20.4. The molecule has 2 aromatic rings. The number of ether oxygens (including phenoxy) is 1. The van der Waals surface area contributed by atoms with Crippen LogP contribution in [0.15, 0.2) is 52.4 Å². The maximum absolute atomic E-state index is 13.4. The van der Waals surface area contributed by atoms with Crippen molar-refractivity contribution >= 4 is 46.0 Å². The summed E-state index contributed by atoms with van der Waals surface area (Å²) < 4.78 is 5.46. The zero-order chi connectivity index (χ0) is 24.2. The summed E-state index contributed by atoms with van der Waals surface area (Å²) in [5.41, 5.74) is 3.41. The first-order valence-electron chi connectivity index (χ1n) is 11.3. The molecule has 2 aliphatic rings. The van der Waals surface area contributed by atoms with Crippen molar-refractivity contribution in [2.24, 2.45) is 10.9 Å². The molecule has 2 saturated heterocycles. The molecule has 34 heavy (non-hydrogen) atoms. The van der Waals surface area contributed by atoms with Gasteiger partial charge in [0.15, 0.2) is 5.17 Å². The summed E-state index contributed by atoms with van der Waals surface area (Å²) in [5, 5.41) is 12.1. The average Bonchev–Trinajstić information content (AvgIpc) is 3.09. The summed E-state index contributed by atoms with van der Waals surface area (Å²) in [4.78, 5) is 33.5. The molecule has 0 spiro atoms. The number of non-ortho nitro benzene ring substituents is 1. The minimum Gasteiger partial charge on any atom is -0.378 e. The van der Waals surface area contributed by atoms with Crippen LogP contribution in [0.3, 0.4) is 0 Å². The van der Waals surface area contributed by atoms with E-state index in [1.807, 2.05) is 31.2 Å². The highest BCUT2D eigenvalue weighted by molar-refractivity contribution is 8.18. The van der Waals surface area contributed by atoms with Crippen LogP contribution in [0.1, 0.15) is 25.0 Å². The van der Waals surface area contributed by atoms with Gasteiger partial charge in [-0.3, -0.25) is 19.8 Å². The number of aryl methyl sites for hydroxylation is 1. The van der Waals surface area contributed by atoms with Gasteiger partial charge in [-0.1, -0.05) is 31.5 Å². The molecular formula is C25H28N4O4S. The van der Waals surface area contributed by atoms with Crippen molar-refractivity contribution in [3.8, 4) is 0 Å². The number of nitro groups is 1. The number of benzene rings is 2. The molecular weight excluding hydrogens is 452 g/mol. The fourth-order valence-corrected chi connectivity index (χ4v) is 4.85. The van der Waals surface area contributed by atoms with Crippen LogP contribution in [0.4, 0.5) is 17.1 Å². The molecule has 0 atom stereocenters. The monoisotopic (exact) mass is 480 g/mol. The maximum Gasteiger partial charge on any atom is 0.270 e. The van der Waals surface area contributed by atoms with Crippen LogP contribution < -0.4 is 4.90 Å². The van der Waals surface area contributed by atoms with Gasteiger partial charge in [0, 0.05) is 43.0 Å². The van der Waals surface area contributed by atoms with E-state index in [0.717, 1.165) is 16.9 Å².